The van der Waals surface area contributed by atoms with Crippen LogP contribution in [0.2, 0.25) is 0 Å². The predicted molar refractivity (Wildman–Crippen MR) is 77.3 cm³/mol. The van der Waals surface area contributed by atoms with Gasteiger partial charge in [-0.15, -0.1) is 0 Å². The molecule has 1 heterocycles. The highest BCUT2D eigenvalue weighted by atomic mass is 16.5. The van der Waals surface area contributed by atoms with E-state index >= 15 is 0 Å². The third kappa shape index (κ3) is 3.10. The summed E-state index contributed by atoms with van der Waals surface area (Å²) in [6.07, 6.45) is 0. The molecule has 4 nitrogen and oxygen atoms in total. The molecule has 0 atom stereocenters. The van der Waals surface area contributed by atoms with E-state index in [0.717, 1.165) is 0 Å². The molecule has 0 amide bonds. The van der Waals surface area contributed by atoms with Gasteiger partial charge in [-0.1, -0.05) is 0 Å². The fraction of sp³-hybridized carbons (Fsp3) is 1.00. The molecule has 0 aliphatic carbocycles. The Morgan fingerprint density at radius 3 is 2.00 bits per heavy atom. The van der Waals surface area contributed by atoms with Gasteiger partial charge in [0.15, 0.2) is 0 Å². The predicted octanol–water partition coefficient (Wildman–Crippen LogP) is 1.30. The molecule has 0 unspecified atom stereocenters. The molecule has 6 heteroatoms. The van der Waals surface area contributed by atoms with E-state index in [2.05, 4.69) is 32.9 Å². The van der Waals surface area contributed by atoms with Crippen molar-refractivity contribution in [3.8, 4) is 0 Å². The summed E-state index contributed by atoms with van der Waals surface area (Å²) in [5.74, 6) is 0. The average molecular weight is 253 g/mol. The Kier molecular flexibility index (Phi) is 4.02. The van der Waals surface area contributed by atoms with Crippen LogP contribution in [-0.4, -0.2) is 36.6 Å². The smallest absolute Gasteiger partial charge is 0.366 e. The fourth-order valence-electron chi connectivity index (χ4n) is 1.47. The van der Waals surface area contributed by atoms with Crippen molar-refractivity contribution in [3.63, 3.8) is 0 Å². The van der Waals surface area contributed by atoms with E-state index in [1.165, 1.54) is 0 Å². The monoisotopic (exact) mass is 253 g/mol. The topological polar surface area (TPSA) is 56.5 Å². The normalized spacial score (nSPS) is 23.3. The van der Waals surface area contributed by atoms with Crippen LogP contribution in [0.1, 0.15) is 55.4 Å². The highest BCUT2D eigenvalue weighted by molar-refractivity contribution is 7.05. The summed E-state index contributed by atoms with van der Waals surface area (Å²) in [6, 6.07) is 0. The van der Waals surface area contributed by atoms with E-state index in [1.807, 2.05) is 27.7 Å². The van der Waals surface area contributed by atoms with E-state index in [-0.39, 0.29) is 18.1 Å². The molecule has 1 aliphatic heterocycles. The van der Waals surface area contributed by atoms with Crippen LogP contribution in [-0.2, 0) is 9.31 Å². The SMILES string of the molecule is CC(C)(N)C(C)(C)O[B]B1NC(C)(C)C(C)(C)O1. The number of rotatable bonds is 4. The summed E-state index contributed by atoms with van der Waals surface area (Å²) >= 11 is 0. The summed E-state index contributed by atoms with van der Waals surface area (Å²) in [4.78, 5) is 0. The highest BCUT2D eigenvalue weighted by Gasteiger charge is 2.50. The lowest BCUT2D eigenvalue weighted by molar-refractivity contribution is 0.0438. The highest BCUT2D eigenvalue weighted by Crippen LogP contribution is 2.31. The van der Waals surface area contributed by atoms with Crippen molar-refractivity contribution in [2.24, 2.45) is 5.73 Å². The largest absolute Gasteiger partial charge is 0.438 e. The maximum absolute atomic E-state index is 6.10. The van der Waals surface area contributed by atoms with Crippen LogP contribution in [0, 0.1) is 0 Å². The van der Waals surface area contributed by atoms with Gasteiger partial charge in [0.25, 0.3) is 0 Å². The van der Waals surface area contributed by atoms with Crippen LogP contribution in [0.3, 0.4) is 0 Å². The summed E-state index contributed by atoms with van der Waals surface area (Å²) in [5.41, 5.74) is 4.89. The maximum Gasteiger partial charge on any atom is 0.366 e. The minimum Gasteiger partial charge on any atom is -0.438 e. The van der Waals surface area contributed by atoms with Crippen LogP contribution in [0.5, 0.6) is 0 Å². The first kappa shape index (κ1) is 16.0. The van der Waals surface area contributed by atoms with E-state index in [9.17, 15) is 0 Å². The Morgan fingerprint density at radius 1 is 1.17 bits per heavy atom. The molecule has 0 bridgehead atoms. The standard InChI is InChI=1S/C12H27B2N2O2/c1-9(2,15)11(5,6)17-13-14-16-10(3,4)12(7,8)18-14/h16H,15H2,1-8H3. The van der Waals surface area contributed by atoms with E-state index in [0.29, 0.717) is 0 Å². The second-order valence-corrected chi connectivity index (χ2v) is 7.30. The zero-order valence-corrected chi connectivity index (χ0v) is 13.0. The molecule has 1 radical (unpaired) electrons. The molecule has 1 rings (SSSR count). The second-order valence-electron chi connectivity index (χ2n) is 7.30. The summed E-state index contributed by atoms with van der Waals surface area (Å²) < 4.78 is 11.8. The van der Waals surface area contributed by atoms with Crippen molar-refractivity contribution in [2.75, 3.05) is 0 Å². The van der Waals surface area contributed by atoms with Crippen molar-refractivity contribution in [3.05, 3.63) is 0 Å². The molecule has 1 fully saturated rings. The molecule has 0 aromatic rings. The third-order valence-corrected chi connectivity index (χ3v) is 4.47. The first-order valence-corrected chi connectivity index (χ1v) is 6.54. The lowest BCUT2D eigenvalue weighted by Crippen LogP contribution is -2.57. The summed E-state index contributed by atoms with van der Waals surface area (Å²) in [7, 11) is 1.71. The van der Waals surface area contributed by atoms with Crippen LogP contribution in [0.4, 0.5) is 0 Å². The van der Waals surface area contributed by atoms with Gasteiger partial charge in [0.05, 0.1) is 11.2 Å². The zero-order chi connectivity index (χ0) is 14.4. The average Bonchev–Trinajstić information content (AvgIpc) is 2.30. The van der Waals surface area contributed by atoms with E-state index in [1.54, 1.807) is 7.37 Å². The minimum atomic E-state index is -0.449. The fourth-order valence-corrected chi connectivity index (χ4v) is 1.47. The molecule has 1 saturated heterocycles. The quantitative estimate of drug-likeness (QED) is 0.741. The Bertz CT molecular complexity index is 296. The van der Waals surface area contributed by atoms with Crippen LogP contribution in [0.25, 0.3) is 0 Å². The summed E-state index contributed by atoms with van der Waals surface area (Å²) in [5, 5.41) is 3.40. The molecule has 0 aromatic carbocycles. The first-order valence-electron chi connectivity index (χ1n) is 6.54. The number of hydrogen-bond acceptors (Lipinski definition) is 4. The van der Waals surface area contributed by atoms with Crippen LogP contribution >= 0.6 is 0 Å². The van der Waals surface area contributed by atoms with Gasteiger partial charge in [-0.3, -0.25) is 0 Å². The number of nitrogens with one attached hydrogen (secondary N) is 1. The second kappa shape index (κ2) is 4.51. The van der Waals surface area contributed by atoms with Gasteiger partial charge in [0.1, 0.15) is 0 Å². The van der Waals surface area contributed by atoms with Crippen molar-refractivity contribution in [1.29, 1.82) is 0 Å². The van der Waals surface area contributed by atoms with Crippen molar-refractivity contribution in [2.45, 2.75) is 77.7 Å². The van der Waals surface area contributed by atoms with E-state index in [4.69, 9.17) is 15.0 Å². The number of nitrogens with two attached hydrogens (primary N) is 1. The van der Waals surface area contributed by atoms with Crippen molar-refractivity contribution in [1.82, 2.24) is 5.23 Å². The Labute approximate surface area is 113 Å². The zero-order valence-electron chi connectivity index (χ0n) is 13.0. The first-order chi connectivity index (χ1) is 7.79. The van der Waals surface area contributed by atoms with Gasteiger partial charge in [-0.05, 0) is 55.4 Å². The Morgan fingerprint density at radius 2 is 1.67 bits per heavy atom. The van der Waals surface area contributed by atoms with Gasteiger partial charge in [-0.25, -0.2) is 0 Å². The van der Waals surface area contributed by atoms with Crippen LogP contribution < -0.4 is 11.0 Å². The van der Waals surface area contributed by atoms with Crippen molar-refractivity contribution < 1.29 is 9.31 Å². The van der Waals surface area contributed by atoms with E-state index < -0.39 is 11.1 Å². The molecule has 0 spiro atoms. The summed E-state index contributed by atoms with van der Waals surface area (Å²) in [6.45, 7) is 16.1. The molecule has 1 aliphatic rings. The lowest BCUT2D eigenvalue weighted by atomic mass is 9.51. The molecular weight excluding hydrogens is 226 g/mol. The van der Waals surface area contributed by atoms with Crippen molar-refractivity contribution >= 4 is 14.3 Å². The van der Waals surface area contributed by atoms with Gasteiger partial charge in [0, 0.05) is 11.1 Å². The molecule has 0 saturated carbocycles. The maximum atomic E-state index is 6.10. The minimum absolute atomic E-state index is 0.0973. The third-order valence-electron chi connectivity index (χ3n) is 4.47. The molecule has 3 N–H and O–H groups in total. The van der Waals surface area contributed by atoms with Gasteiger partial charge in [0.2, 0.25) is 0 Å². The Balaban J connectivity index is 2.58. The lowest BCUT2D eigenvalue weighted by Gasteiger charge is -2.39. The Hall–Kier alpha value is -0.0301. The van der Waals surface area contributed by atoms with Gasteiger partial charge in [-0.2, -0.15) is 0 Å². The van der Waals surface area contributed by atoms with Gasteiger partial charge >= 0.3 is 14.3 Å². The molecule has 0 aromatic heterocycles. The number of hydrogen-bond donors (Lipinski definition) is 2. The molecule has 103 valence electrons. The van der Waals surface area contributed by atoms with Gasteiger partial charge < -0.3 is 20.3 Å². The van der Waals surface area contributed by atoms with Crippen LogP contribution in [0.15, 0.2) is 0 Å². The molecular formula is C12H27B2N2O2. The molecule has 18 heavy (non-hydrogen) atoms.